The van der Waals surface area contributed by atoms with Crippen molar-refractivity contribution in [3.8, 4) is 0 Å². The number of para-hydroxylation sites is 1. The molecule has 0 aliphatic rings. The zero-order valence-electron chi connectivity index (χ0n) is 11.5. The number of amides is 1. The fourth-order valence-electron chi connectivity index (χ4n) is 1.91. The van der Waals surface area contributed by atoms with Crippen molar-refractivity contribution < 1.29 is 4.79 Å². The van der Waals surface area contributed by atoms with E-state index < -0.39 is 0 Å². The van der Waals surface area contributed by atoms with Crippen LogP contribution in [0.15, 0.2) is 47.4 Å². The molecule has 0 spiro atoms. The first-order valence-corrected chi connectivity index (χ1v) is 6.24. The summed E-state index contributed by atoms with van der Waals surface area (Å²) in [4.78, 5) is 25.4. The van der Waals surface area contributed by atoms with E-state index in [9.17, 15) is 9.59 Å². The molecule has 5 heteroatoms. The van der Waals surface area contributed by atoms with Gasteiger partial charge in [-0.1, -0.05) is 18.2 Å². The third-order valence-electron chi connectivity index (χ3n) is 3.16. The number of pyridine rings is 1. The van der Waals surface area contributed by atoms with Gasteiger partial charge in [0.25, 0.3) is 11.5 Å². The lowest BCUT2D eigenvalue weighted by Gasteiger charge is -2.18. The molecular weight excluding hydrogens is 254 g/mol. The summed E-state index contributed by atoms with van der Waals surface area (Å²) >= 11 is 0. The van der Waals surface area contributed by atoms with Crippen LogP contribution in [-0.4, -0.2) is 22.4 Å². The topological polar surface area (TPSA) is 68.3 Å². The molecule has 0 atom stereocenters. The number of aromatic nitrogens is 1. The third-order valence-corrected chi connectivity index (χ3v) is 3.16. The summed E-state index contributed by atoms with van der Waals surface area (Å²) in [6.45, 7) is 0.403. The molecule has 0 saturated carbocycles. The zero-order chi connectivity index (χ0) is 14.7. The maximum absolute atomic E-state index is 12.3. The number of carbonyl (C=O) groups is 1. The average Bonchev–Trinajstić information content (AvgIpc) is 2.43. The molecule has 1 heterocycles. The Morgan fingerprint density at radius 1 is 1.30 bits per heavy atom. The molecule has 20 heavy (non-hydrogen) atoms. The Morgan fingerprint density at radius 3 is 2.65 bits per heavy atom. The normalized spacial score (nSPS) is 10.3. The van der Waals surface area contributed by atoms with Crippen LogP contribution in [0.5, 0.6) is 0 Å². The third kappa shape index (κ3) is 2.88. The Bertz CT molecular complexity index is 692. The van der Waals surface area contributed by atoms with Gasteiger partial charge in [-0.3, -0.25) is 9.59 Å². The van der Waals surface area contributed by atoms with E-state index >= 15 is 0 Å². The summed E-state index contributed by atoms with van der Waals surface area (Å²) in [6.07, 6.45) is 1.58. The summed E-state index contributed by atoms with van der Waals surface area (Å²) in [5.41, 5.74) is 7.57. The standard InChI is InChI=1S/C15H17N3O2/c1-17-8-7-11(9-14(17)19)15(20)18(2)10-12-5-3-4-6-13(12)16/h3-9H,10,16H2,1-2H3. The Balaban J connectivity index is 2.18. The lowest BCUT2D eigenvalue weighted by atomic mass is 10.1. The van der Waals surface area contributed by atoms with Crippen LogP contribution in [-0.2, 0) is 13.6 Å². The van der Waals surface area contributed by atoms with E-state index in [1.54, 1.807) is 37.3 Å². The van der Waals surface area contributed by atoms with Gasteiger partial charge in [0.2, 0.25) is 0 Å². The zero-order valence-corrected chi connectivity index (χ0v) is 11.5. The minimum absolute atomic E-state index is 0.203. The number of nitrogens with two attached hydrogens (primary N) is 1. The van der Waals surface area contributed by atoms with E-state index in [1.807, 2.05) is 18.2 Å². The second kappa shape index (κ2) is 5.61. The second-order valence-corrected chi connectivity index (χ2v) is 4.72. The van der Waals surface area contributed by atoms with Crippen molar-refractivity contribution in [2.75, 3.05) is 12.8 Å². The number of benzene rings is 1. The molecule has 0 saturated heterocycles. The summed E-state index contributed by atoms with van der Waals surface area (Å²) < 4.78 is 1.42. The van der Waals surface area contributed by atoms with E-state index in [1.165, 1.54) is 10.6 Å². The van der Waals surface area contributed by atoms with Gasteiger partial charge in [0.05, 0.1) is 0 Å². The Hall–Kier alpha value is -2.56. The molecule has 104 valence electrons. The number of nitrogens with zero attached hydrogens (tertiary/aromatic N) is 2. The van der Waals surface area contributed by atoms with E-state index in [-0.39, 0.29) is 11.5 Å². The number of hydrogen-bond donors (Lipinski definition) is 1. The quantitative estimate of drug-likeness (QED) is 0.854. The predicted molar refractivity (Wildman–Crippen MR) is 78.3 cm³/mol. The smallest absolute Gasteiger partial charge is 0.254 e. The molecular formula is C15H17N3O2. The van der Waals surface area contributed by atoms with E-state index in [4.69, 9.17) is 5.73 Å². The van der Waals surface area contributed by atoms with E-state index in [2.05, 4.69) is 0 Å². The van der Waals surface area contributed by atoms with Gasteiger partial charge in [-0.25, -0.2) is 0 Å². The number of aryl methyl sites for hydroxylation is 1. The lowest BCUT2D eigenvalue weighted by molar-refractivity contribution is 0.0785. The molecule has 1 aromatic carbocycles. The van der Waals surface area contributed by atoms with Crippen LogP contribution in [0.4, 0.5) is 5.69 Å². The van der Waals surface area contributed by atoms with Crippen LogP contribution in [0.2, 0.25) is 0 Å². The van der Waals surface area contributed by atoms with Gasteiger partial charge in [0.1, 0.15) is 0 Å². The van der Waals surface area contributed by atoms with Gasteiger partial charge < -0.3 is 15.2 Å². The molecule has 0 unspecified atom stereocenters. The van der Waals surface area contributed by atoms with Crippen molar-refractivity contribution in [1.29, 1.82) is 0 Å². The molecule has 0 fully saturated rings. The Kier molecular flexibility index (Phi) is 3.89. The Morgan fingerprint density at radius 2 is 2.00 bits per heavy atom. The SMILES string of the molecule is CN(Cc1ccccc1N)C(=O)c1ccn(C)c(=O)c1. The molecule has 1 amide bonds. The minimum Gasteiger partial charge on any atom is -0.398 e. The van der Waals surface area contributed by atoms with Crippen molar-refractivity contribution in [3.05, 3.63) is 64.1 Å². The molecule has 2 aromatic rings. The van der Waals surface area contributed by atoms with Gasteiger partial charge in [0.15, 0.2) is 0 Å². The largest absolute Gasteiger partial charge is 0.398 e. The molecule has 0 bridgehead atoms. The molecule has 0 aliphatic heterocycles. The van der Waals surface area contributed by atoms with Gasteiger partial charge in [-0.15, -0.1) is 0 Å². The average molecular weight is 271 g/mol. The first kappa shape index (κ1) is 13.9. The minimum atomic E-state index is -0.205. The lowest BCUT2D eigenvalue weighted by Crippen LogP contribution is -2.28. The van der Waals surface area contributed by atoms with Crippen molar-refractivity contribution in [1.82, 2.24) is 9.47 Å². The van der Waals surface area contributed by atoms with Crippen molar-refractivity contribution in [2.24, 2.45) is 7.05 Å². The summed E-state index contributed by atoms with van der Waals surface area (Å²) in [6, 6.07) is 10.4. The van der Waals surface area contributed by atoms with Crippen LogP contribution >= 0.6 is 0 Å². The first-order chi connectivity index (χ1) is 9.49. The molecule has 0 aliphatic carbocycles. The highest BCUT2D eigenvalue weighted by Gasteiger charge is 2.13. The molecule has 0 radical (unpaired) electrons. The van der Waals surface area contributed by atoms with Crippen molar-refractivity contribution in [3.63, 3.8) is 0 Å². The Labute approximate surface area is 117 Å². The van der Waals surface area contributed by atoms with Gasteiger partial charge >= 0.3 is 0 Å². The number of carbonyl (C=O) groups excluding carboxylic acids is 1. The van der Waals surface area contributed by atoms with Gasteiger partial charge in [0, 0.05) is 44.2 Å². The monoisotopic (exact) mass is 271 g/mol. The van der Waals surface area contributed by atoms with Gasteiger partial charge in [-0.2, -0.15) is 0 Å². The predicted octanol–water partition coefficient (Wildman–Crippen LogP) is 1.24. The van der Waals surface area contributed by atoms with Crippen molar-refractivity contribution >= 4 is 11.6 Å². The number of anilines is 1. The van der Waals surface area contributed by atoms with Gasteiger partial charge in [-0.05, 0) is 17.7 Å². The summed E-state index contributed by atoms with van der Waals surface area (Å²) in [5, 5.41) is 0. The van der Waals surface area contributed by atoms with Crippen LogP contribution in [0.3, 0.4) is 0 Å². The molecule has 1 aromatic heterocycles. The molecule has 2 rings (SSSR count). The highest BCUT2D eigenvalue weighted by atomic mass is 16.2. The molecule has 5 nitrogen and oxygen atoms in total. The highest BCUT2D eigenvalue weighted by molar-refractivity contribution is 5.93. The highest BCUT2D eigenvalue weighted by Crippen LogP contribution is 2.13. The maximum Gasteiger partial charge on any atom is 0.254 e. The summed E-state index contributed by atoms with van der Waals surface area (Å²) in [5.74, 6) is -0.203. The maximum atomic E-state index is 12.3. The fourth-order valence-corrected chi connectivity index (χ4v) is 1.91. The number of nitrogen functional groups attached to an aromatic ring is 1. The van der Waals surface area contributed by atoms with E-state index in [0.29, 0.717) is 17.8 Å². The van der Waals surface area contributed by atoms with Crippen LogP contribution in [0.1, 0.15) is 15.9 Å². The first-order valence-electron chi connectivity index (χ1n) is 6.24. The summed E-state index contributed by atoms with van der Waals surface area (Å²) in [7, 11) is 3.33. The molecule has 2 N–H and O–H groups in total. The van der Waals surface area contributed by atoms with Crippen LogP contribution < -0.4 is 11.3 Å². The van der Waals surface area contributed by atoms with Crippen LogP contribution in [0.25, 0.3) is 0 Å². The second-order valence-electron chi connectivity index (χ2n) is 4.72. The van der Waals surface area contributed by atoms with E-state index in [0.717, 1.165) is 5.56 Å². The van der Waals surface area contributed by atoms with Crippen molar-refractivity contribution in [2.45, 2.75) is 6.54 Å². The number of rotatable bonds is 3. The fraction of sp³-hybridized carbons (Fsp3) is 0.200. The number of hydrogen-bond acceptors (Lipinski definition) is 3. The van der Waals surface area contributed by atoms with Crippen LogP contribution in [0, 0.1) is 0 Å².